The molecule has 0 bridgehead atoms. The Labute approximate surface area is 123 Å². The highest BCUT2D eigenvalue weighted by Crippen LogP contribution is 2.31. The molecular formula is C16H14Cl2O. The van der Waals surface area contributed by atoms with Crippen LogP contribution in [0.4, 0.5) is 0 Å². The van der Waals surface area contributed by atoms with Gasteiger partial charge in [-0.2, -0.15) is 0 Å². The third-order valence-corrected chi connectivity index (χ3v) is 3.98. The zero-order chi connectivity index (χ0) is 13.9. The van der Waals surface area contributed by atoms with Crippen LogP contribution in [-0.2, 0) is 16.6 Å². The molecule has 0 heterocycles. The minimum absolute atomic E-state index is 0.362. The minimum Gasteiger partial charge on any atom is -0.280 e. The first-order valence-corrected chi connectivity index (χ1v) is 6.78. The summed E-state index contributed by atoms with van der Waals surface area (Å²) in [6, 6.07) is 17.1. The van der Waals surface area contributed by atoms with Gasteiger partial charge in [0.05, 0.1) is 5.41 Å². The number of benzene rings is 2. The van der Waals surface area contributed by atoms with Gasteiger partial charge in [0.15, 0.2) is 0 Å². The smallest absolute Gasteiger partial charge is 0.232 e. The van der Waals surface area contributed by atoms with Crippen molar-refractivity contribution in [3.8, 4) is 0 Å². The Morgan fingerprint density at radius 1 is 1.05 bits per heavy atom. The van der Waals surface area contributed by atoms with Crippen LogP contribution >= 0.6 is 23.2 Å². The molecule has 0 saturated heterocycles. The van der Waals surface area contributed by atoms with E-state index >= 15 is 0 Å². The average molecular weight is 293 g/mol. The number of rotatable bonds is 4. The largest absolute Gasteiger partial charge is 0.280 e. The van der Waals surface area contributed by atoms with Gasteiger partial charge in [0.25, 0.3) is 0 Å². The Morgan fingerprint density at radius 2 is 1.63 bits per heavy atom. The predicted molar refractivity (Wildman–Crippen MR) is 79.8 cm³/mol. The molecular weight excluding hydrogens is 279 g/mol. The van der Waals surface area contributed by atoms with Crippen LogP contribution in [0.2, 0.25) is 5.02 Å². The molecule has 0 aliphatic rings. The molecule has 19 heavy (non-hydrogen) atoms. The summed E-state index contributed by atoms with van der Waals surface area (Å²) in [6.45, 7) is 1.86. The van der Waals surface area contributed by atoms with Crippen LogP contribution in [0.5, 0.6) is 0 Å². The fourth-order valence-corrected chi connectivity index (χ4v) is 2.41. The van der Waals surface area contributed by atoms with Gasteiger partial charge in [-0.3, -0.25) is 4.79 Å². The molecule has 0 fully saturated rings. The van der Waals surface area contributed by atoms with E-state index in [-0.39, 0.29) is 5.24 Å². The molecule has 0 aromatic heterocycles. The van der Waals surface area contributed by atoms with Crippen LogP contribution < -0.4 is 0 Å². The van der Waals surface area contributed by atoms with Crippen molar-refractivity contribution in [2.24, 2.45) is 0 Å². The number of hydrogen-bond acceptors (Lipinski definition) is 1. The molecule has 3 heteroatoms. The summed E-state index contributed by atoms with van der Waals surface area (Å²) < 4.78 is 0. The topological polar surface area (TPSA) is 17.1 Å². The van der Waals surface area contributed by atoms with Crippen LogP contribution in [0.25, 0.3) is 0 Å². The second-order valence-electron chi connectivity index (χ2n) is 4.78. The Hall–Kier alpha value is -1.31. The molecule has 1 nitrogen and oxygen atoms in total. The van der Waals surface area contributed by atoms with Crippen molar-refractivity contribution in [2.75, 3.05) is 0 Å². The van der Waals surface area contributed by atoms with Gasteiger partial charge >= 0.3 is 0 Å². The maximum atomic E-state index is 11.9. The van der Waals surface area contributed by atoms with Crippen LogP contribution in [0.1, 0.15) is 18.1 Å². The molecule has 0 aliphatic carbocycles. The fraction of sp³-hybridized carbons (Fsp3) is 0.188. The summed E-state index contributed by atoms with van der Waals surface area (Å²) in [4.78, 5) is 11.9. The maximum absolute atomic E-state index is 11.9. The molecule has 1 atom stereocenters. The Bertz CT molecular complexity index is 563. The lowest BCUT2D eigenvalue weighted by molar-refractivity contribution is -0.116. The van der Waals surface area contributed by atoms with E-state index in [1.807, 2.05) is 49.4 Å². The minimum atomic E-state index is -0.743. The van der Waals surface area contributed by atoms with Crippen molar-refractivity contribution in [3.63, 3.8) is 0 Å². The lowest BCUT2D eigenvalue weighted by Crippen LogP contribution is -2.31. The highest BCUT2D eigenvalue weighted by Gasteiger charge is 2.34. The zero-order valence-corrected chi connectivity index (χ0v) is 12.1. The van der Waals surface area contributed by atoms with E-state index in [1.165, 1.54) is 0 Å². The summed E-state index contributed by atoms with van der Waals surface area (Å²) in [6.07, 6.45) is 0.567. The molecule has 2 aromatic carbocycles. The molecule has 2 rings (SSSR count). The SMILES string of the molecule is CC(Cc1ccccc1)(C(=O)Cl)c1ccc(Cl)cc1. The van der Waals surface area contributed by atoms with E-state index in [4.69, 9.17) is 23.2 Å². The van der Waals surface area contributed by atoms with Crippen molar-refractivity contribution < 1.29 is 4.79 Å². The second kappa shape index (κ2) is 5.77. The summed E-state index contributed by atoms with van der Waals surface area (Å²) in [5, 5.41) is 0.284. The molecule has 0 aliphatic heterocycles. The first kappa shape index (κ1) is 14.1. The van der Waals surface area contributed by atoms with Gasteiger partial charge in [-0.05, 0) is 48.2 Å². The molecule has 0 N–H and O–H groups in total. The summed E-state index contributed by atoms with van der Waals surface area (Å²) in [5.41, 5.74) is 1.21. The maximum Gasteiger partial charge on any atom is 0.232 e. The van der Waals surface area contributed by atoms with E-state index in [1.54, 1.807) is 12.1 Å². The van der Waals surface area contributed by atoms with Crippen LogP contribution in [0, 0.1) is 0 Å². The lowest BCUT2D eigenvalue weighted by Gasteiger charge is -2.26. The van der Waals surface area contributed by atoms with E-state index in [2.05, 4.69) is 0 Å². The van der Waals surface area contributed by atoms with Crippen molar-refractivity contribution in [1.82, 2.24) is 0 Å². The Kier molecular flexibility index (Phi) is 4.28. The first-order valence-electron chi connectivity index (χ1n) is 6.02. The number of halogens is 2. The average Bonchev–Trinajstić information content (AvgIpc) is 2.40. The predicted octanol–water partition coefficient (Wildman–Crippen LogP) is 4.61. The van der Waals surface area contributed by atoms with Crippen LogP contribution in [0.3, 0.4) is 0 Å². The van der Waals surface area contributed by atoms with Crippen molar-refractivity contribution in [2.45, 2.75) is 18.8 Å². The first-order chi connectivity index (χ1) is 9.02. The van der Waals surface area contributed by atoms with Gasteiger partial charge in [-0.15, -0.1) is 0 Å². The highest BCUT2D eigenvalue weighted by molar-refractivity contribution is 6.65. The Balaban J connectivity index is 2.38. The highest BCUT2D eigenvalue weighted by atomic mass is 35.5. The van der Waals surface area contributed by atoms with Crippen LogP contribution in [0.15, 0.2) is 54.6 Å². The van der Waals surface area contributed by atoms with Gasteiger partial charge in [-0.1, -0.05) is 54.1 Å². The number of carbonyl (C=O) groups excluding carboxylic acids is 1. The van der Waals surface area contributed by atoms with E-state index in [9.17, 15) is 4.79 Å². The van der Waals surface area contributed by atoms with E-state index < -0.39 is 5.41 Å². The van der Waals surface area contributed by atoms with Gasteiger partial charge in [-0.25, -0.2) is 0 Å². The monoisotopic (exact) mass is 292 g/mol. The number of hydrogen-bond donors (Lipinski definition) is 0. The molecule has 1 unspecified atom stereocenters. The van der Waals surface area contributed by atoms with E-state index in [0.717, 1.165) is 11.1 Å². The Morgan fingerprint density at radius 3 is 2.16 bits per heavy atom. The normalized spacial score (nSPS) is 13.8. The summed E-state index contributed by atoms with van der Waals surface area (Å²) in [5.74, 6) is 0. The standard InChI is InChI=1S/C16H14Cl2O/c1-16(15(18)19,11-12-5-3-2-4-6-12)13-7-9-14(17)10-8-13/h2-10H,11H2,1H3. The van der Waals surface area contributed by atoms with Gasteiger partial charge in [0.2, 0.25) is 5.24 Å². The van der Waals surface area contributed by atoms with Crippen molar-refractivity contribution >= 4 is 28.4 Å². The lowest BCUT2D eigenvalue weighted by atomic mass is 9.78. The molecule has 0 radical (unpaired) electrons. The quantitative estimate of drug-likeness (QED) is 0.753. The summed E-state index contributed by atoms with van der Waals surface area (Å²) in [7, 11) is 0. The molecule has 0 saturated carbocycles. The van der Waals surface area contributed by atoms with Gasteiger partial charge < -0.3 is 0 Å². The zero-order valence-electron chi connectivity index (χ0n) is 10.6. The second-order valence-corrected chi connectivity index (χ2v) is 5.55. The summed E-state index contributed by atoms with van der Waals surface area (Å²) >= 11 is 11.7. The van der Waals surface area contributed by atoms with Gasteiger partial charge in [0, 0.05) is 5.02 Å². The van der Waals surface area contributed by atoms with Crippen LogP contribution in [-0.4, -0.2) is 5.24 Å². The molecule has 98 valence electrons. The third-order valence-electron chi connectivity index (χ3n) is 3.32. The number of carbonyl (C=O) groups is 1. The third kappa shape index (κ3) is 3.17. The van der Waals surface area contributed by atoms with E-state index in [0.29, 0.717) is 11.4 Å². The van der Waals surface area contributed by atoms with Crippen molar-refractivity contribution in [3.05, 3.63) is 70.7 Å². The molecule has 0 amide bonds. The fourth-order valence-electron chi connectivity index (χ4n) is 2.11. The van der Waals surface area contributed by atoms with Crippen molar-refractivity contribution in [1.29, 1.82) is 0 Å². The molecule has 0 spiro atoms. The van der Waals surface area contributed by atoms with Gasteiger partial charge in [0.1, 0.15) is 0 Å². The molecule has 2 aromatic rings.